The number of hydrogen-bond donors (Lipinski definition) is 0. The molecule has 2 aliphatic heterocycles. The van der Waals surface area contributed by atoms with Crippen molar-refractivity contribution >= 4 is 5.91 Å². The van der Waals surface area contributed by atoms with Gasteiger partial charge in [0.2, 0.25) is 5.91 Å². The molecule has 3 nitrogen and oxygen atoms in total. The third-order valence-corrected chi connectivity index (χ3v) is 5.16. The zero-order chi connectivity index (χ0) is 16.4. The van der Waals surface area contributed by atoms with E-state index in [4.69, 9.17) is 0 Å². The van der Waals surface area contributed by atoms with Crippen LogP contribution >= 0.6 is 0 Å². The van der Waals surface area contributed by atoms with Crippen molar-refractivity contribution in [3.63, 3.8) is 0 Å². The fourth-order valence-electron chi connectivity index (χ4n) is 4.00. The van der Waals surface area contributed by atoms with Crippen LogP contribution in [-0.2, 0) is 11.3 Å². The lowest BCUT2D eigenvalue weighted by Crippen LogP contribution is -2.44. The van der Waals surface area contributed by atoms with Crippen LogP contribution in [0.3, 0.4) is 0 Å². The average molecular weight is 318 g/mol. The number of nitrogens with zero attached hydrogens (tertiary/aromatic N) is 2. The summed E-state index contributed by atoms with van der Waals surface area (Å²) in [7, 11) is 0. The summed E-state index contributed by atoms with van der Waals surface area (Å²) in [5.41, 5.74) is 0.764. The molecule has 1 aromatic rings. The minimum atomic E-state index is -0.125. The van der Waals surface area contributed by atoms with Crippen molar-refractivity contribution in [2.75, 3.05) is 19.6 Å². The molecule has 0 spiro atoms. The largest absolute Gasteiger partial charge is 0.341 e. The molecule has 2 atom stereocenters. The molecule has 4 heteroatoms. The van der Waals surface area contributed by atoms with Crippen LogP contribution in [0.15, 0.2) is 24.3 Å². The molecule has 0 radical (unpaired) electrons. The summed E-state index contributed by atoms with van der Waals surface area (Å²) in [6, 6.07) is 7.42. The van der Waals surface area contributed by atoms with E-state index in [0.29, 0.717) is 30.8 Å². The molecule has 3 rings (SSSR count). The van der Waals surface area contributed by atoms with E-state index in [0.717, 1.165) is 31.6 Å². The maximum absolute atomic E-state index is 13.9. The summed E-state index contributed by atoms with van der Waals surface area (Å²) >= 11 is 0. The van der Waals surface area contributed by atoms with Gasteiger partial charge in [-0.15, -0.1) is 0 Å². The predicted octanol–water partition coefficient (Wildman–Crippen LogP) is 3.29. The molecule has 0 saturated carbocycles. The molecule has 1 amide bonds. The molecule has 126 valence electrons. The number of carbonyl (C=O) groups excluding carboxylic acids is 1. The monoisotopic (exact) mass is 318 g/mol. The Labute approximate surface area is 138 Å². The number of halogens is 1. The van der Waals surface area contributed by atoms with Gasteiger partial charge < -0.3 is 4.90 Å². The second-order valence-electron chi connectivity index (χ2n) is 7.43. The number of rotatable bonds is 4. The standard InChI is InChI=1S/C19H27FN2O/c1-14(2)10-19(23)22-12-16-7-5-9-21(18(16)13-22)11-15-6-3-4-8-17(15)20/h3-4,6,8,14,16,18H,5,7,9-13H2,1-2H3/t16-,18+/m1/s1. The first-order chi connectivity index (χ1) is 11.0. The number of amides is 1. The van der Waals surface area contributed by atoms with Crippen LogP contribution in [0.2, 0.25) is 0 Å². The van der Waals surface area contributed by atoms with Crippen LogP contribution < -0.4 is 0 Å². The third-order valence-electron chi connectivity index (χ3n) is 5.16. The maximum atomic E-state index is 13.9. The van der Waals surface area contributed by atoms with Crippen molar-refractivity contribution in [3.8, 4) is 0 Å². The van der Waals surface area contributed by atoms with Crippen LogP contribution in [0.4, 0.5) is 4.39 Å². The van der Waals surface area contributed by atoms with Crippen molar-refractivity contribution < 1.29 is 9.18 Å². The van der Waals surface area contributed by atoms with E-state index < -0.39 is 0 Å². The van der Waals surface area contributed by atoms with Crippen LogP contribution in [0.25, 0.3) is 0 Å². The predicted molar refractivity (Wildman–Crippen MR) is 89.4 cm³/mol. The van der Waals surface area contributed by atoms with E-state index >= 15 is 0 Å². The lowest BCUT2D eigenvalue weighted by molar-refractivity contribution is -0.131. The van der Waals surface area contributed by atoms with Crippen molar-refractivity contribution in [1.29, 1.82) is 0 Å². The number of likely N-dealkylation sites (tertiary alicyclic amines) is 2. The molecule has 1 aromatic carbocycles. The molecular formula is C19H27FN2O. The second kappa shape index (κ2) is 7.00. The van der Waals surface area contributed by atoms with Gasteiger partial charge in [0.05, 0.1) is 0 Å². The number of piperidine rings is 1. The van der Waals surface area contributed by atoms with Gasteiger partial charge in [0.15, 0.2) is 0 Å². The molecule has 0 aromatic heterocycles. The van der Waals surface area contributed by atoms with Crippen LogP contribution in [0.5, 0.6) is 0 Å². The molecular weight excluding hydrogens is 291 g/mol. The molecule has 2 fully saturated rings. The Balaban J connectivity index is 1.67. The number of carbonyl (C=O) groups is 1. The summed E-state index contributed by atoms with van der Waals surface area (Å²) in [6.45, 7) is 7.52. The molecule has 0 N–H and O–H groups in total. The van der Waals surface area contributed by atoms with Crippen LogP contribution in [0.1, 0.15) is 38.7 Å². The molecule has 2 aliphatic rings. The first kappa shape index (κ1) is 16.4. The molecule has 2 heterocycles. The number of fused-ring (bicyclic) bond motifs is 1. The van der Waals surface area contributed by atoms with Gasteiger partial charge in [0.1, 0.15) is 5.82 Å². The average Bonchev–Trinajstić information content (AvgIpc) is 2.94. The molecule has 23 heavy (non-hydrogen) atoms. The van der Waals surface area contributed by atoms with Gasteiger partial charge >= 0.3 is 0 Å². The summed E-state index contributed by atoms with van der Waals surface area (Å²) in [6.07, 6.45) is 2.96. The highest BCUT2D eigenvalue weighted by Gasteiger charge is 2.40. The normalized spacial score (nSPS) is 25.0. The molecule has 0 aliphatic carbocycles. The van der Waals surface area contributed by atoms with E-state index in [9.17, 15) is 9.18 Å². The van der Waals surface area contributed by atoms with Gasteiger partial charge in [-0.25, -0.2) is 4.39 Å². The Morgan fingerprint density at radius 3 is 2.83 bits per heavy atom. The highest BCUT2D eigenvalue weighted by molar-refractivity contribution is 5.76. The minimum Gasteiger partial charge on any atom is -0.341 e. The first-order valence-corrected chi connectivity index (χ1v) is 8.80. The SMILES string of the molecule is CC(C)CC(=O)N1C[C@H]2CCCN(Cc3ccccc3F)[C@H]2C1. The quantitative estimate of drug-likeness (QED) is 0.850. The van der Waals surface area contributed by atoms with Gasteiger partial charge in [-0.05, 0) is 37.3 Å². The number of benzene rings is 1. The fourth-order valence-corrected chi connectivity index (χ4v) is 4.00. The van der Waals surface area contributed by atoms with Gasteiger partial charge in [0.25, 0.3) is 0 Å². The summed E-state index contributed by atoms with van der Waals surface area (Å²) < 4.78 is 13.9. The Hall–Kier alpha value is -1.42. The smallest absolute Gasteiger partial charge is 0.222 e. The summed E-state index contributed by atoms with van der Waals surface area (Å²) in [5.74, 6) is 1.10. The lowest BCUT2D eigenvalue weighted by Gasteiger charge is -2.36. The van der Waals surface area contributed by atoms with Gasteiger partial charge in [-0.2, -0.15) is 0 Å². The molecule has 0 bridgehead atoms. The van der Waals surface area contributed by atoms with E-state index in [1.807, 2.05) is 17.0 Å². The second-order valence-corrected chi connectivity index (χ2v) is 7.43. The van der Waals surface area contributed by atoms with E-state index in [1.54, 1.807) is 6.07 Å². The highest BCUT2D eigenvalue weighted by atomic mass is 19.1. The van der Waals surface area contributed by atoms with Crippen molar-refractivity contribution in [3.05, 3.63) is 35.6 Å². The van der Waals surface area contributed by atoms with Crippen molar-refractivity contribution in [2.24, 2.45) is 11.8 Å². The molecule has 0 unspecified atom stereocenters. The number of hydrogen-bond acceptors (Lipinski definition) is 2. The Bertz CT molecular complexity index is 560. The van der Waals surface area contributed by atoms with Crippen molar-refractivity contribution in [1.82, 2.24) is 9.80 Å². The summed E-state index contributed by atoms with van der Waals surface area (Å²) in [5, 5.41) is 0. The zero-order valence-corrected chi connectivity index (χ0v) is 14.2. The minimum absolute atomic E-state index is 0.125. The van der Waals surface area contributed by atoms with E-state index in [1.165, 1.54) is 12.5 Å². The summed E-state index contributed by atoms with van der Waals surface area (Å²) in [4.78, 5) is 16.8. The Kier molecular flexibility index (Phi) is 5.00. The lowest BCUT2D eigenvalue weighted by atomic mass is 9.91. The third kappa shape index (κ3) is 3.74. The van der Waals surface area contributed by atoms with Crippen LogP contribution in [0, 0.1) is 17.7 Å². The van der Waals surface area contributed by atoms with E-state index in [2.05, 4.69) is 18.7 Å². The van der Waals surface area contributed by atoms with Gasteiger partial charge in [-0.1, -0.05) is 32.0 Å². The van der Waals surface area contributed by atoms with E-state index in [-0.39, 0.29) is 11.7 Å². The van der Waals surface area contributed by atoms with Crippen LogP contribution in [-0.4, -0.2) is 41.4 Å². The molecule has 2 saturated heterocycles. The fraction of sp³-hybridized carbons (Fsp3) is 0.632. The zero-order valence-electron chi connectivity index (χ0n) is 14.2. The van der Waals surface area contributed by atoms with Crippen molar-refractivity contribution in [2.45, 2.75) is 45.7 Å². The first-order valence-electron chi connectivity index (χ1n) is 8.80. The van der Waals surface area contributed by atoms with Gasteiger partial charge in [-0.3, -0.25) is 9.69 Å². The topological polar surface area (TPSA) is 23.6 Å². The Morgan fingerprint density at radius 1 is 1.30 bits per heavy atom. The Morgan fingerprint density at radius 2 is 2.09 bits per heavy atom. The van der Waals surface area contributed by atoms with Gasteiger partial charge in [0, 0.05) is 37.7 Å². The highest BCUT2D eigenvalue weighted by Crippen LogP contribution is 2.32. The maximum Gasteiger partial charge on any atom is 0.222 e.